The normalized spacial score (nSPS) is 10.7. The third-order valence-corrected chi connectivity index (χ3v) is 3.26. The minimum absolute atomic E-state index is 0.0263. The molecule has 5 nitrogen and oxygen atoms in total. The van der Waals surface area contributed by atoms with Crippen LogP contribution in [0.2, 0.25) is 0 Å². The lowest BCUT2D eigenvalue weighted by Crippen LogP contribution is -2.11. The van der Waals surface area contributed by atoms with Crippen LogP contribution in [0.5, 0.6) is 0 Å². The molecule has 3 heterocycles. The van der Waals surface area contributed by atoms with Gasteiger partial charge in [-0.1, -0.05) is 6.07 Å². The van der Waals surface area contributed by atoms with Crippen molar-refractivity contribution in [3.8, 4) is 0 Å². The molecule has 0 aliphatic heterocycles. The van der Waals surface area contributed by atoms with Gasteiger partial charge < -0.3 is 9.72 Å². The van der Waals surface area contributed by atoms with Crippen LogP contribution in [0.1, 0.15) is 18.4 Å². The van der Waals surface area contributed by atoms with Crippen LogP contribution < -0.4 is 5.32 Å². The number of hydrogen-bond acceptors (Lipinski definition) is 3. The molecule has 3 aromatic heterocycles. The van der Waals surface area contributed by atoms with Gasteiger partial charge in [-0.3, -0.25) is 9.78 Å². The molecular formula is C16H16N4O. The van der Waals surface area contributed by atoms with Gasteiger partial charge in [-0.25, -0.2) is 4.98 Å². The lowest BCUT2D eigenvalue weighted by Gasteiger charge is -2.06. The van der Waals surface area contributed by atoms with Gasteiger partial charge in [-0.15, -0.1) is 0 Å². The van der Waals surface area contributed by atoms with E-state index in [0.717, 1.165) is 29.7 Å². The Morgan fingerprint density at radius 1 is 1.24 bits per heavy atom. The first-order chi connectivity index (χ1) is 10.3. The van der Waals surface area contributed by atoms with Gasteiger partial charge in [0.05, 0.1) is 5.69 Å². The summed E-state index contributed by atoms with van der Waals surface area (Å²) in [5.41, 5.74) is 2.81. The van der Waals surface area contributed by atoms with Crippen LogP contribution in [0.15, 0.2) is 55.2 Å². The highest BCUT2D eigenvalue weighted by Crippen LogP contribution is 2.11. The average Bonchev–Trinajstić information content (AvgIpc) is 2.96. The number of aryl methyl sites for hydroxylation is 1. The molecule has 0 spiro atoms. The molecule has 0 saturated carbocycles. The van der Waals surface area contributed by atoms with Crippen molar-refractivity contribution in [2.24, 2.45) is 0 Å². The third-order valence-electron chi connectivity index (χ3n) is 3.26. The molecule has 3 rings (SSSR count). The molecule has 0 atom stereocenters. The zero-order chi connectivity index (χ0) is 14.5. The highest BCUT2D eigenvalue weighted by molar-refractivity contribution is 5.90. The number of nitrogens with zero attached hydrogens (tertiary/aromatic N) is 3. The molecule has 5 heteroatoms. The smallest absolute Gasteiger partial charge is 0.224 e. The lowest BCUT2D eigenvalue weighted by molar-refractivity contribution is -0.116. The summed E-state index contributed by atoms with van der Waals surface area (Å²) in [6.07, 6.45) is 11.2. The van der Waals surface area contributed by atoms with Gasteiger partial charge in [-0.2, -0.15) is 0 Å². The zero-order valence-corrected chi connectivity index (χ0v) is 11.6. The largest absolute Gasteiger partial charge is 0.325 e. The quantitative estimate of drug-likeness (QED) is 0.781. The van der Waals surface area contributed by atoms with Gasteiger partial charge in [0.1, 0.15) is 5.65 Å². The molecule has 1 N–H and O–H groups in total. The van der Waals surface area contributed by atoms with Crippen LogP contribution in [0.3, 0.4) is 0 Å². The molecular weight excluding hydrogens is 264 g/mol. The molecule has 0 aromatic carbocycles. The van der Waals surface area contributed by atoms with Crippen LogP contribution in [0.4, 0.5) is 5.69 Å². The molecule has 0 radical (unpaired) electrons. The Bertz CT molecular complexity index is 736. The third kappa shape index (κ3) is 3.45. The Kier molecular flexibility index (Phi) is 3.91. The first kappa shape index (κ1) is 13.3. The minimum atomic E-state index is 0.0263. The van der Waals surface area contributed by atoms with E-state index in [0.29, 0.717) is 6.42 Å². The summed E-state index contributed by atoms with van der Waals surface area (Å²) in [5.74, 6) is 0.0263. The summed E-state index contributed by atoms with van der Waals surface area (Å²) in [6, 6.07) is 7.68. The van der Waals surface area contributed by atoms with E-state index in [2.05, 4.69) is 15.3 Å². The van der Waals surface area contributed by atoms with Gasteiger partial charge in [0.15, 0.2) is 0 Å². The standard InChI is InChI=1S/C16H16N4O/c21-16(5-1-3-13-4-2-8-17-11-13)19-14-6-7-15-18-9-10-20(15)12-14/h2,4,6-12H,1,3,5H2,(H,19,21). The number of anilines is 1. The number of hydrogen-bond donors (Lipinski definition) is 1. The molecule has 0 unspecified atom stereocenters. The predicted octanol–water partition coefficient (Wildman–Crippen LogP) is 2.69. The summed E-state index contributed by atoms with van der Waals surface area (Å²) in [4.78, 5) is 20.2. The maximum Gasteiger partial charge on any atom is 0.224 e. The zero-order valence-electron chi connectivity index (χ0n) is 11.6. The average molecular weight is 280 g/mol. The van der Waals surface area contributed by atoms with Gasteiger partial charge in [0.2, 0.25) is 5.91 Å². The molecule has 0 bridgehead atoms. The number of pyridine rings is 2. The van der Waals surface area contributed by atoms with Crippen molar-refractivity contribution < 1.29 is 4.79 Å². The second-order valence-corrected chi connectivity index (χ2v) is 4.87. The van der Waals surface area contributed by atoms with Crippen molar-refractivity contribution in [2.45, 2.75) is 19.3 Å². The number of carbonyl (C=O) groups is 1. The molecule has 0 saturated heterocycles. The highest BCUT2D eigenvalue weighted by Gasteiger charge is 2.04. The van der Waals surface area contributed by atoms with Crippen molar-refractivity contribution in [3.63, 3.8) is 0 Å². The van der Waals surface area contributed by atoms with E-state index < -0.39 is 0 Å². The lowest BCUT2D eigenvalue weighted by atomic mass is 10.1. The fourth-order valence-electron chi connectivity index (χ4n) is 2.22. The summed E-state index contributed by atoms with van der Waals surface area (Å²) < 4.78 is 1.88. The van der Waals surface area contributed by atoms with Gasteiger partial charge in [-0.05, 0) is 36.6 Å². The van der Waals surface area contributed by atoms with E-state index in [1.807, 2.05) is 47.3 Å². The Labute approximate surface area is 122 Å². The van der Waals surface area contributed by atoms with E-state index >= 15 is 0 Å². The fraction of sp³-hybridized carbons (Fsp3) is 0.188. The van der Waals surface area contributed by atoms with E-state index in [4.69, 9.17) is 0 Å². The molecule has 21 heavy (non-hydrogen) atoms. The van der Waals surface area contributed by atoms with Crippen molar-refractivity contribution >= 4 is 17.2 Å². The van der Waals surface area contributed by atoms with Crippen LogP contribution in [-0.2, 0) is 11.2 Å². The number of fused-ring (bicyclic) bond motifs is 1. The van der Waals surface area contributed by atoms with E-state index in [-0.39, 0.29) is 5.91 Å². The van der Waals surface area contributed by atoms with Crippen molar-refractivity contribution in [2.75, 3.05) is 5.32 Å². The number of imidazole rings is 1. The summed E-state index contributed by atoms with van der Waals surface area (Å²) in [5, 5.41) is 2.91. The fourth-order valence-corrected chi connectivity index (χ4v) is 2.22. The van der Waals surface area contributed by atoms with Crippen LogP contribution >= 0.6 is 0 Å². The Hall–Kier alpha value is -2.69. The molecule has 3 aromatic rings. The van der Waals surface area contributed by atoms with Crippen LogP contribution in [0, 0.1) is 0 Å². The molecule has 0 fully saturated rings. The van der Waals surface area contributed by atoms with Gasteiger partial charge in [0.25, 0.3) is 0 Å². The predicted molar refractivity (Wildman–Crippen MR) is 81.0 cm³/mol. The second kappa shape index (κ2) is 6.17. The number of nitrogens with one attached hydrogen (secondary N) is 1. The number of rotatable bonds is 5. The molecule has 0 aliphatic rings. The van der Waals surface area contributed by atoms with Crippen LogP contribution in [0.25, 0.3) is 5.65 Å². The van der Waals surface area contributed by atoms with E-state index in [1.54, 1.807) is 12.4 Å². The van der Waals surface area contributed by atoms with Crippen molar-refractivity contribution in [1.29, 1.82) is 0 Å². The maximum atomic E-state index is 11.9. The highest BCUT2D eigenvalue weighted by atomic mass is 16.1. The Morgan fingerprint density at radius 3 is 3.05 bits per heavy atom. The maximum absolute atomic E-state index is 11.9. The minimum Gasteiger partial charge on any atom is -0.325 e. The van der Waals surface area contributed by atoms with Gasteiger partial charge in [0, 0.05) is 37.4 Å². The summed E-state index contributed by atoms with van der Waals surface area (Å²) in [6.45, 7) is 0. The topological polar surface area (TPSA) is 59.3 Å². The van der Waals surface area contributed by atoms with Gasteiger partial charge >= 0.3 is 0 Å². The molecule has 0 aliphatic carbocycles. The molecule has 106 valence electrons. The van der Waals surface area contributed by atoms with Crippen molar-refractivity contribution in [3.05, 3.63) is 60.8 Å². The van der Waals surface area contributed by atoms with E-state index in [1.165, 1.54) is 0 Å². The second-order valence-electron chi connectivity index (χ2n) is 4.87. The van der Waals surface area contributed by atoms with Crippen molar-refractivity contribution in [1.82, 2.24) is 14.4 Å². The number of carbonyl (C=O) groups excluding carboxylic acids is 1. The molecule has 1 amide bonds. The number of aromatic nitrogens is 3. The van der Waals surface area contributed by atoms with E-state index in [9.17, 15) is 4.79 Å². The first-order valence-corrected chi connectivity index (χ1v) is 6.93. The monoisotopic (exact) mass is 280 g/mol. The summed E-state index contributed by atoms with van der Waals surface area (Å²) in [7, 11) is 0. The Balaban J connectivity index is 1.51. The van der Waals surface area contributed by atoms with Crippen LogP contribution in [-0.4, -0.2) is 20.3 Å². The number of amides is 1. The first-order valence-electron chi connectivity index (χ1n) is 6.93. The summed E-state index contributed by atoms with van der Waals surface area (Å²) >= 11 is 0. The SMILES string of the molecule is O=C(CCCc1cccnc1)Nc1ccc2nccn2c1. The Morgan fingerprint density at radius 2 is 2.19 bits per heavy atom.